The molecule has 5 heteroatoms. The molecule has 5 nitrogen and oxygen atoms in total. The third kappa shape index (κ3) is 3.85. The average Bonchev–Trinajstić information content (AvgIpc) is 2.62. The number of ether oxygens (including phenoxy) is 1. The second-order valence-electron chi connectivity index (χ2n) is 6.26. The molecule has 1 N–H and O–H groups in total. The van der Waals surface area contributed by atoms with Crippen molar-refractivity contribution in [3.8, 4) is 5.75 Å². The standard InChI is InChI=1S/C19H23N3O2/c1-14-8-10-22(11-9-14)16-6-7-18(20-13-16)19(23)21-15-4-3-5-17(12-15)24-2/h3-7,12-14H,8-11H2,1-2H3,(H,21,23). The van der Waals surface area contributed by atoms with E-state index in [4.69, 9.17) is 4.74 Å². The number of hydrogen-bond donors (Lipinski definition) is 1. The van der Waals surface area contributed by atoms with Crippen LogP contribution in [-0.2, 0) is 0 Å². The van der Waals surface area contributed by atoms with Crippen LogP contribution in [0.4, 0.5) is 11.4 Å². The Morgan fingerprint density at radius 1 is 1.25 bits per heavy atom. The summed E-state index contributed by atoms with van der Waals surface area (Å²) in [6, 6.07) is 11.0. The van der Waals surface area contributed by atoms with Gasteiger partial charge in [-0.15, -0.1) is 0 Å². The maximum Gasteiger partial charge on any atom is 0.274 e. The number of anilines is 2. The zero-order chi connectivity index (χ0) is 16.9. The lowest BCUT2D eigenvalue weighted by Gasteiger charge is -2.31. The lowest BCUT2D eigenvalue weighted by atomic mass is 9.99. The van der Waals surface area contributed by atoms with Crippen LogP contribution in [0.1, 0.15) is 30.3 Å². The Bertz CT molecular complexity index is 692. The van der Waals surface area contributed by atoms with Gasteiger partial charge in [-0.1, -0.05) is 13.0 Å². The molecule has 1 saturated heterocycles. The Morgan fingerprint density at radius 3 is 2.71 bits per heavy atom. The fraction of sp³-hybridized carbons (Fsp3) is 0.368. The Labute approximate surface area is 142 Å². The van der Waals surface area contributed by atoms with Crippen LogP contribution in [0.25, 0.3) is 0 Å². The number of benzene rings is 1. The van der Waals surface area contributed by atoms with E-state index >= 15 is 0 Å². The molecule has 0 spiro atoms. The van der Waals surface area contributed by atoms with Gasteiger partial charge in [0.1, 0.15) is 11.4 Å². The zero-order valence-corrected chi connectivity index (χ0v) is 14.2. The number of nitrogens with zero attached hydrogens (tertiary/aromatic N) is 2. The number of amides is 1. The first kappa shape index (κ1) is 16.3. The third-order valence-corrected chi connectivity index (χ3v) is 4.46. The molecule has 24 heavy (non-hydrogen) atoms. The second kappa shape index (κ2) is 7.34. The molecule has 1 aromatic carbocycles. The van der Waals surface area contributed by atoms with Gasteiger partial charge in [0, 0.05) is 24.8 Å². The van der Waals surface area contributed by atoms with Crippen molar-refractivity contribution in [2.45, 2.75) is 19.8 Å². The van der Waals surface area contributed by atoms with E-state index in [1.165, 1.54) is 12.8 Å². The first-order chi connectivity index (χ1) is 11.7. The maximum absolute atomic E-state index is 12.3. The second-order valence-corrected chi connectivity index (χ2v) is 6.26. The molecule has 0 atom stereocenters. The maximum atomic E-state index is 12.3. The molecule has 0 unspecified atom stereocenters. The number of methoxy groups -OCH3 is 1. The van der Waals surface area contributed by atoms with Gasteiger partial charge in [0.15, 0.2) is 0 Å². The Kier molecular flexibility index (Phi) is 4.99. The Hall–Kier alpha value is -2.56. The lowest BCUT2D eigenvalue weighted by Crippen LogP contribution is -2.32. The minimum Gasteiger partial charge on any atom is -0.497 e. The number of carbonyl (C=O) groups excluding carboxylic acids is 1. The van der Waals surface area contributed by atoms with E-state index in [0.717, 1.165) is 24.7 Å². The molecule has 2 heterocycles. The van der Waals surface area contributed by atoms with Crippen LogP contribution in [-0.4, -0.2) is 31.1 Å². The summed E-state index contributed by atoms with van der Waals surface area (Å²) in [5.74, 6) is 1.28. The summed E-state index contributed by atoms with van der Waals surface area (Å²) in [4.78, 5) is 19.0. The van der Waals surface area contributed by atoms with E-state index in [2.05, 4.69) is 22.1 Å². The average molecular weight is 325 g/mol. The molecule has 126 valence electrons. The number of piperidine rings is 1. The minimum atomic E-state index is -0.220. The van der Waals surface area contributed by atoms with Crippen LogP contribution >= 0.6 is 0 Å². The lowest BCUT2D eigenvalue weighted by molar-refractivity contribution is 0.102. The van der Waals surface area contributed by atoms with Gasteiger partial charge in [-0.05, 0) is 43.0 Å². The zero-order valence-electron chi connectivity index (χ0n) is 14.2. The molecule has 1 aliphatic rings. The van der Waals surface area contributed by atoms with Crippen LogP contribution in [0.15, 0.2) is 42.6 Å². The Morgan fingerprint density at radius 2 is 2.04 bits per heavy atom. The van der Waals surface area contributed by atoms with Gasteiger partial charge >= 0.3 is 0 Å². The number of pyridine rings is 1. The quantitative estimate of drug-likeness (QED) is 0.933. The number of aromatic nitrogens is 1. The van der Waals surface area contributed by atoms with E-state index in [1.807, 2.05) is 24.3 Å². The molecule has 1 aliphatic heterocycles. The summed E-state index contributed by atoms with van der Waals surface area (Å²) in [5.41, 5.74) is 2.18. The van der Waals surface area contributed by atoms with E-state index < -0.39 is 0 Å². The molecular formula is C19H23N3O2. The van der Waals surface area contributed by atoms with Gasteiger partial charge < -0.3 is 15.0 Å². The number of carbonyl (C=O) groups is 1. The van der Waals surface area contributed by atoms with Crippen molar-refractivity contribution in [1.82, 2.24) is 4.98 Å². The number of nitrogens with one attached hydrogen (secondary N) is 1. The van der Waals surface area contributed by atoms with Gasteiger partial charge in [0.25, 0.3) is 5.91 Å². The predicted molar refractivity (Wildman–Crippen MR) is 95.8 cm³/mol. The topological polar surface area (TPSA) is 54.5 Å². The summed E-state index contributed by atoms with van der Waals surface area (Å²) in [6.07, 6.45) is 4.20. The van der Waals surface area contributed by atoms with E-state index in [-0.39, 0.29) is 5.91 Å². The summed E-state index contributed by atoms with van der Waals surface area (Å²) >= 11 is 0. The van der Waals surface area contributed by atoms with Crippen LogP contribution in [0, 0.1) is 5.92 Å². The van der Waals surface area contributed by atoms with Gasteiger partial charge in [-0.3, -0.25) is 4.79 Å². The summed E-state index contributed by atoms with van der Waals surface area (Å²) in [5, 5.41) is 2.84. The van der Waals surface area contributed by atoms with Crippen LogP contribution in [0.5, 0.6) is 5.75 Å². The Balaban J connectivity index is 1.65. The molecule has 2 aromatic rings. The van der Waals surface area contributed by atoms with Crippen molar-refractivity contribution < 1.29 is 9.53 Å². The van der Waals surface area contributed by atoms with Crippen molar-refractivity contribution in [3.63, 3.8) is 0 Å². The predicted octanol–water partition coefficient (Wildman–Crippen LogP) is 3.58. The summed E-state index contributed by atoms with van der Waals surface area (Å²) in [6.45, 7) is 4.40. The SMILES string of the molecule is COc1cccc(NC(=O)c2ccc(N3CCC(C)CC3)cn2)c1. The van der Waals surface area contributed by atoms with Crippen LogP contribution < -0.4 is 15.0 Å². The van der Waals surface area contributed by atoms with Gasteiger partial charge in [0.2, 0.25) is 0 Å². The highest BCUT2D eigenvalue weighted by molar-refractivity contribution is 6.03. The molecule has 0 saturated carbocycles. The van der Waals surface area contributed by atoms with Crippen molar-refractivity contribution in [2.75, 3.05) is 30.4 Å². The van der Waals surface area contributed by atoms with Crippen molar-refractivity contribution >= 4 is 17.3 Å². The van der Waals surface area contributed by atoms with Crippen LogP contribution in [0.2, 0.25) is 0 Å². The fourth-order valence-corrected chi connectivity index (χ4v) is 2.87. The molecule has 1 fully saturated rings. The van der Waals surface area contributed by atoms with Crippen molar-refractivity contribution in [2.24, 2.45) is 5.92 Å². The smallest absolute Gasteiger partial charge is 0.274 e. The first-order valence-corrected chi connectivity index (χ1v) is 8.32. The highest BCUT2D eigenvalue weighted by Crippen LogP contribution is 2.22. The molecule has 1 aromatic heterocycles. The van der Waals surface area contributed by atoms with Crippen LogP contribution in [0.3, 0.4) is 0 Å². The van der Waals surface area contributed by atoms with E-state index in [9.17, 15) is 4.79 Å². The van der Waals surface area contributed by atoms with Gasteiger partial charge in [0.05, 0.1) is 19.0 Å². The summed E-state index contributed by atoms with van der Waals surface area (Å²) < 4.78 is 5.16. The third-order valence-electron chi connectivity index (χ3n) is 4.46. The van der Waals surface area contributed by atoms with Crippen molar-refractivity contribution in [1.29, 1.82) is 0 Å². The van der Waals surface area contributed by atoms with E-state index in [0.29, 0.717) is 17.1 Å². The highest BCUT2D eigenvalue weighted by Gasteiger charge is 2.17. The molecular weight excluding hydrogens is 302 g/mol. The first-order valence-electron chi connectivity index (χ1n) is 8.32. The molecule has 0 radical (unpaired) electrons. The van der Waals surface area contributed by atoms with E-state index in [1.54, 1.807) is 25.4 Å². The molecule has 3 rings (SSSR count). The fourth-order valence-electron chi connectivity index (χ4n) is 2.87. The number of rotatable bonds is 4. The van der Waals surface area contributed by atoms with Gasteiger partial charge in [-0.25, -0.2) is 4.98 Å². The minimum absolute atomic E-state index is 0.220. The molecule has 1 amide bonds. The summed E-state index contributed by atoms with van der Waals surface area (Å²) in [7, 11) is 1.60. The highest BCUT2D eigenvalue weighted by atomic mass is 16.5. The molecule has 0 bridgehead atoms. The normalized spacial score (nSPS) is 15.2. The van der Waals surface area contributed by atoms with Crippen molar-refractivity contribution in [3.05, 3.63) is 48.3 Å². The van der Waals surface area contributed by atoms with Gasteiger partial charge in [-0.2, -0.15) is 0 Å². The molecule has 0 aliphatic carbocycles. The monoisotopic (exact) mass is 325 g/mol. The largest absolute Gasteiger partial charge is 0.497 e. The number of hydrogen-bond acceptors (Lipinski definition) is 4.